The molecule has 1 amide bonds. The van der Waals surface area contributed by atoms with Crippen LogP contribution in [0.15, 0.2) is 51.0 Å². The number of aromatic nitrogens is 2. The SMILES string of the molecule is NS(=O)(=O)c1cccc(NC(=O)Cn2ccc(=O)[nH]c2=O)c1. The van der Waals surface area contributed by atoms with Crippen molar-refractivity contribution >= 4 is 21.6 Å². The van der Waals surface area contributed by atoms with Crippen molar-refractivity contribution in [3.05, 3.63) is 57.4 Å². The number of sulfonamides is 1. The van der Waals surface area contributed by atoms with Gasteiger partial charge in [0, 0.05) is 18.0 Å². The predicted octanol–water partition coefficient (Wildman–Crippen LogP) is -1.18. The molecule has 0 unspecified atom stereocenters. The Morgan fingerprint density at radius 1 is 1.27 bits per heavy atom. The molecule has 0 aliphatic rings. The standard InChI is InChI=1S/C12H12N4O5S/c13-22(20,21)9-3-1-2-8(6-9)14-11(18)7-16-5-4-10(17)15-12(16)19/h1-6H,7H2,(H,14,18)(H2,13,20,21)(H,15,17,19). The van der Waals surface area contributed by atoms with Gasteiger partial charge >= 0.3 is 5.69 Å². The number of carbonyl (C=O) groups excluding carboxylic acids is 1. The van der Waals surface area contributed by atoms with E-state index in [1.165, 1.54) is 30.5 Å². The van der Waals surface area contributed by atoms with Gasteiger partial charge in [-0.3, -0.25) is 19.1 Å². The van der Waals surface area contributed by atoms with E-state index < -0.39 is 27.2 Å². The highest BCUT2D eigenvalue weighted by Crippen LogP contribution is 2.13. The zero-order valence-electron chi connectivity index (χ0n) is 11.1. The summed E-state index contributed by atoms with van der Waals surface area (Å²) >= 11 is 0. The second-order valence-corrected chi connectivity index (χ2v) is 5.92. The Morgan fingerprint density at radius 2 is 2.00 bits per heavy atom. The van der Waals surface area contributed by atoms with Crippen molar-refractivity contribution in [3.8, 4) is 0 Å². The average molecular weight is 324 g/mol. The number of primary sulfonamides is 1. The van der Waals surface area contributed by atoms with Gasteiger partial charge in [-0.05, 0) is 18.2 Å². The predicted molar refractivity (Wildman–Crippen MR) is 77.8 cm³/mol. The van der Waals surface area contributed by atoms with Gasteiger partial charge in [-0.25, -0.2) is 18.4 Å². The lowest BCUT2D eigenvalue weighted by Gasteiger charge is -2.07. The first-order chi connectivity index (χ1) is 10.3. The maximum Gasteiger partial charge on any atom is 0.328 e. The fourth-order valence-electron chi connectivity index (χ4n) is 1.67. The van der Waals surface area contributed by atoms with E-state index in [1.807, 2.05) is 4.98 Å². The van der Waals surface area contributed by atoms with Crippen molar-refractivity contribution in [1.29, 1.82) is 0 Å². The zero-order valence-corrected chi connectivity index (χ0v) is 12.0. The van der Waals surface area contributed by atoms with Crippen LogP contribution in [0.2, 0.25) is 0 Å². The number of nitrogens with zero attached hydrogens (tertiary/aromatic N) is 1. The molecule has 116 valence electrons. The molecule has 1 aromatic heterocycles. The monoisotopic (exact) mass is 324 g/mol. The Kier molecular flexibility index (Phi) is 4.24. The number of aromatic amines is 1. The van der Waals surface area contributed by atoms with Crippen LogP contribution in [0.5, 0.6) is 0 Å². The first-order valence-corrected chi connectivity index (χ1v) is 7.53. The molecule has 0 atom stereocenters. The van der Waals surface area contributed by atoms with E-state index in [-0.39, 0.29) is 17.1 Å². The fraction of sp³-hybridized carbons (Fsp3) is 0.0833. The van der Waals surface area contributed by atoms with Crippen molar-refractivity contribution in [2.75, 3.05) is 5.32 Å². The van der Waals surface area contributed by atoms with Crippen molar-refractivity contribution in [2.45, 2.75) is 11.4 Å². The highest BCUT2D eigenvalue weighted by atomic mass is 32.2. The van der Waals surface area contributed by atoms with Gasteiger partial charge in [0.05, 0.1) is 4.90 Å². The minimum atomic E-state index is -3.88. The quantitative estimate of drug-likeness (QED) is 0.648. The summed E-state index contributed by atoms with van der Waals surface area (Å²) in [7, 11) is -3.88. The molecule has 4 N–H and O–H groups in total. The highest BCUT2D eigenvalue weighted by molar-refractivity contribution is 7.89. The molecule has 0 aliphatic heterocycles. The van der Waals surface area contributed by atoms with Gasteiger partial charge in [0.1, 0.15) is 6.54 Å². The van der Waals surface area contributed by atoms with Gasteiger partial charge in [-0.1, -0.05) is 6.07 Å². The van der Waals surface area contributed by atoms with Gasteiger partial charge in [0.25, 0.3) is 5.56 Å². The number of hydrogen-bond acceptors (Lipinski definition) is 5. The van der Waals surface area contributed by atoms with Crippen LogP contribution in [0.1, 0.15) is 0 Å². The van der Waals surface area contributed by atoms with Gasteiger partial charge in [-0.2, -0.15) is 0 Å². The third-order valence-corrected chi connectivity index (χ3v) is 3.57. The summed E-state index contributed by atoms with van der Waals surface area (Å²) in [4.78, 5) is 36.1. The Labute approximate surface area is 124 Å². The third kappa shape index (κ3) is 3.90. The summed E-state index contributed by atoms with van der Waals surface area (Å²) in [5.74, 6) is -0.569. The van der Waals surface area contributed by atoms with Crippen LogP contribution in [0.3, 0.4) is 0 Å². The lowest BCUT2D eigenvalue weighted by molar-refractivity contribution is -0.116. The van der Waals surface area contributed by atoms with Gasteiger partial charge in [0.2, 0.25) is 15.9 Å². The van der Waals surface area contributed by atoms with Crippen molar-refractivity contribution < 1.29 is 13.2 Å². The molecule has 2 rings (SSSR count). The second kappa shape index (κ2) is 5.95. The van der Waals surface area contributed by atoms with E-state index in [0.717, 1.165) is 10.6 Å². The number of H-pyrrole nitrogens is 1. The molecule has 2 aromatic rings. The summed E-state index contributed by atoms with van der Waals surface area (Å²) in [6.07, 6.45) is 1.18. The van der Waals surface area contributed by atoms with E-state index >= 15 is 0 Å². The number of amides is 1. The lowest BCUT2D eigenvalue weighted by Crippen LogP contribution is -2.32. The minimum Gasteiger partial charge on any atom is -0.324 e. The third-order valence-electron chi connectivity index (χ3n) is 2.66. The summed E-state index contributed by atoms with van der Waals surface area (Å²) in [6.45, 7) is -0.338. The van der Waals surface area contributed by atoms with Crippen molar-refractivity contribution in [1.82, 2.24) is 9.55 Å². The van der Waals surface area contributed by atoms with E-state index in [2.05, 4.69) is 5.32 Å². The van der Waals surface area contributed by atoms with Crippen molar-refractivity contribution in [2.24, 2.45) is 5.14 Å². The molecule has 1 aromatic carbocycles. The Hall–Kier alpha value is -2.72. The second-order valence-electron chi connectivity index (χ2n) is 4.36. The molecule has 0 bridgehead atoms. The van der Waals surface area contributed by atoms with Crippen LogP contribution in [-0.4, -0.2) is 23.9 Å². The minimum absolute atomic E-state index is 0.147. The maximum absolute atomic E-state index is 11.8. The van der Waals surface area contributed by atoms with Crippen LogP contribution < -0.4 is 21.7 Å². The zero-order chi connectivity index (χ0) is 16.3. The summed E-state index contributed by atoms with van der Waals surface area (Å²) in [5, 5.41) is 7.43. The van der Waals surface area contributed by atoms with E-state index in [0.29, 0.717) is 0 Å². The summed E-state index contributed by atoms with van der Waals surface area (Å²) < 4.78 is 23.4. The normalized spacial score (nSPS) is 11.1. The molecule has 0 saturated carbocycles. The van der Waals surface area contributed by atoms with Crippen LogP contribution >= 0.6 is 0 Å². The molecule has 0 spiro atoms. The molecule has 0 fully saturated rings. The molecule has 10 heteroatoms. The number of nitrogens with one attached hydrogen (secondary N) is 2. The first kappa shape index (κ1) is 15.7. The van der Waals surface area contributed by atoms with Crippen molar-refractivity contribution in [3.63, 3.8) is 0 Å². The smallest absolute Gasteiger partial charge is 0.324 e. The molecule has 0 saturated heterocycles. The van der Waals surface area contributed by atoms with E-state index in [9.17, 15) is 22.8 Å². The molecule has 0 aliphatic carbocycles. The molecular weight excluding hydrogens is 312 g/mol. The number of anilines is 1. The van der Waals surface area contributed by atoms with Crippen LogP contribution in [-0.2, 0) is 21.4 Å². The number of nitrogens with two attached hydrogens (primary N) is 1. The number of carbonyl (C=O) groups is 1. The largest absolute Gasteiger partial charge is 0.328 e. The Bertz CT molecular complexity index is 929. The first-order valence-electron chi connectivity index (χ1n) is 5.98. The van der Waals surface area contributed by atoms with Crippen LogP contribution in [0, 0.1) is 0 Å². The van der Waals surface area contributed by atoms with Crippen LogP contribution in [0.25, 0.3) is 0 Å². The van der Waals surface area contributed by atoms with E-state index in [4.69, 9.17) is 5.14 Å². The molecule has 1 heterocycles. The van der Waals surface area contributed by atoms with Gasteiger partial charge < -0.3 is 5.32 Å². The molecular formula is C12H12N4O5S. The van der Waals surface area contributed by atoms with Crippen LogP contribution in [0.4, 0.5) is 5.69 Å². The highest BCUT2D eigenvalue weighted by Gasteiger charge is 2.10. The average Bonchev–Trinajstić information content (AvgIpc) is 2.41. The summed E-state index contributed by atoms with van der Waals surface area (Å²) in [6, 6.07) is 6.49. The number of benzene rings is 1. The molecule has 0 radical (unpaired) electrons. The van der Waals surface area contributed by atoms with Gasteiger partial charge in [0.15, 0.2) is 0 Å². The topological polar surface area (TPSA) is 144 Å². The molecule has 22 heavy (non-hydrogen) atoms. The Balaban J connectivity index is 2.16. The van der Waals surface area contributed by atoms with E-state index in [1.54, 1.807) is 0 Å². The number of rotatable bonds is 4. The summed E-state index contributed by atoms with van der Waals surface area (Å²) in [5.41, 5.74) is -1.07. The van der Waals surface area contributed by atoms with Gasteiger partial charge in [-0.15, -0.1) is 0 Å². The number of hydrogen-bond donors (Lipinski definition) is 3. The lowest BCUT2D eigenvalue weighted by atomic mass is 10.3. The molecule has 9 nitrogen and oxygen atoms in total. The fourth-order valence-corrected chi connectivity index (χ4v) is 2.23. The Morgan fingerprint density at radius 3 is 2.64 bits per heavy atom. The maximum atomic E-state index is 11.8.